The summed E-state index contributed by atoms with van der Waals surface area (Å²) >= 11 is 0. The molecular weight excluding hydrogens is 136 g/mol. The maximum atomic E-state index is 3.88. The zero-order valence-electron chi connectivity index (χ0n) is 6.22. The van der Waals surface area contributed by atoms with E-state index in [-0.39, 0.29) is 0 Å². The van der Waals surface area contributed by atoms with Gasteiger partial charge in [-0.1, -0.05) is 30.8 Å². The van der Waals surface area contributed by atoms with E-state index in [0.29, 0.717) is 0 Å². The summed E-state index contributed by atoms with van der Waals surface area (Å²) in [7, 11) is 0. The van der Waals surface area contributed by atoms with E-state index in [1.165, 1.54) is 11.1 Å². The summed E-state index contributed by atoms with van der Waals surface area (Å²) in [6.07, 6.45) is 0. The van der Waals surface area contributed by atoms with Crippen LogP contribution in [0.15, 0.2) is 30.8 Å². The van der Waals surface area contributed by atoms with Crippen molar-refractivity contribution in [3.05, 3.63) is 42.0 Å². The Morgan fingerprint density at radius 3 is 2.91 bits per heavy atom. The Kier molecular flexibility index (Phi) is 1.40. The number of fused-ring (bicyclic) bond motifs is 1. The van der Waals surface area contributed by atoms with E-state index in [2.05, 4.69) is 29.6 Å². The van der Waals surface area contributed by atoms with Gasteiger partial charge in [-0.25, -0.2) is 5.43 Å². The lowest BCUT2D eigenvalue weighted by molar-refractivity contribution is 0.618. The van der Waals surface area contributed by atoms with Gasteiger partial charge in [0.1, 0.15) is 0 Å². The second-order valence-corrected chi connectivity index (χ2v) is 2.61. The quantitative estimate of drug-likeness (QED) is 0.576. The fourth-order valence-corrected chi connectivity index (χ4v) is 1.28. The van der Waals surface area contributed by atoms with Crippen LogP contribution >= 0.6 is 0 Å². The maximum absolute atomic E-state index is 3.88. The molecule has 56 valence electrons. The van der Waals surface area contributed by atoms with E-state index >= 15 is 0 Å². The van der Waals surface area contributed by atoms with Gasteiger partial charge in [0.2, 0.25) is 0 Å². The first-order chi connectivity index (χ1) is 5.38. The van der Waals surface area contributed by atoms with Crippen LogP contribution in [0.4, 0.5) is 0 Å². The molecule has 2 nitrogen and oxygen atoms in total. The van der Waals surface area contributed by atoms with Crippen LogP contribution in [-0.4, -0.2) is 0 Å². The first kappa shape index (κ1) is 6.43. The minimum absolute atomic E-state index is 0.870. The fraction of sp³-hybridized carbons (Fsp3) is 0.111. The molecule has 2 N–H and O–H groups in total. The smallest absolute Gasteiger partial charge is 0.0491 e. The Balaban J connectivity index is 2.52. The molecule has 0 atom stereocenters. The van der Waals surface area contributed by atoms with E-state index in [1.54, 1.807) is 0 Å². The van der Waals surface area contributed by atoms with Crippen LogP contribution in [0, 0.1) is 0 Å². The first-order valence-electron chi connectivity index (χ1n) is 3.64. The van der Waals surface area contributed by atoms with E-state index < -0.39 is 0 Å². The lowest BCUT2D eigenvalue weighted by atomic mass is 10.0. The second-order valence-electron chi connectivity index (χ2n) is 2.61. The molecule has 0 saturated heterocycles. The zero-order valence-corrected chi connectivity index (χ0v) is 6.22. The van der Waals surface area contributed by atoms with Gasteiger partial charge in [-0.2, -0.15) is 0 Å². The SMILES string of the molecule is C=C1NNCc2ccccc21. The third-order valence-corrected chi connectivity index (χ3v) is 1.86. The third-order valence-electron chi connectivity index (χ3n) is 1.86. The van der Waals surface area contributed by atoms with Gasteiger partial charge >= 0.3 is 0 Å². The Hall–Kier alpha value is -1.28. The number of benzene rings is 1. The van der Waals surface area contributed by atoms with Crippen molar-refractivity contribution in [2.75, 3.05) is 0 Å². The van der Waals surface area contributed by atoms with Crippen LogP contribution in [0.3, 0.4) is 0 Å². The Morgan fingerprint density at radius 2 is 2.09 bits per heavy atom. The topological polar surface area (TPSA) is 24.1 Å². The molecule has 2 heteroatoms. The second kappa shape index (κ2) is 2.40. The number of rotatable bonds is 0. The summed E-state index contributed by atoms with van der Waals surface area (Å²) in [5, 5.41) is 0. The summed E-state index contributed by atoms with van der Waals surface area (Å²) in [6.45, 7) is 4.75. The zero-order chi connectivity index (χ0) is 7.68. The van der Waals surface area contributed by atoms with E-state index in [0.717, 1.165) is 12.2 Å². The predicted molar refractivity (Wildman–Crippen MR) is 45.5 cm³/mol. The first-order valence-corrected chi connectivity index (χ1v) is 3.64. The van der Waals surface area contributed by atoms with Crippen molar-refractivity contribution in [2.45, 2.75) is 6.54 Å². The fourth-order valence-electron chi connectivity index (χ4n) is 1.28. The van der Waals surface area contributed by atoms with Crippen molar-refractivity contribution >= 4 is 5.70 Å². The van der Waals surface area contributed by atoms with Crippen LogP contribution < -0.4 is 10.9 Å². The number of hydrogen-bond acceptors (Lipinski definition) is 2. The highest BCUT2D eigenvalue weighted by Gasteiger charge is 2.08. The molecule has 0 bridgehead atoms. The van der Waals surface area contributed by atoms with Crippen molar-refractivity contribution in [3.63, 3.8) is 0 Å². The molecule has 2 rings (SSSR count). The number of nitrogens with one attached hydrogen (secondary N) is 2. The van der Waals surface area contributed by atoms with Gasteiger partial charge in [0.05, 0.1) is 0 Å². The van der Waals surface area contributed by atoms with E-state index in [1.807, 2.05) is 12.1 Å². The predicted octanol–water partition coefficient (Wildman–Crippen LogP) is 1.27. The summed E-state index contributed by atoms with van der Waals surface area (Å²) in [4.78, 5) is 0. The highest BCUT2D eigenvalue weighted by atomic mass is 15.4. The van der Waals surface area contributed by atoms with Crippen molar-refractivity contribution in [2.24, 2.45) is 0 Å². The largest absolute Gasteiger partial charge is 0.321 e. The molecule has 1 heterocycles. The van der Waals surface area contributed by atoms with E-state index in [4.69, 9.17) is 0 Å². The summed E-state index contributed by atoms with van der Waals surface area (Å²) in [5.74, 6) is 0. The molecule has 1 aliphatic rings. The summed E-state index contributed by atoms with van der Waals surface area (Å²) in [5.41, 5.74) is 9.50. The molecule has 1 aromatic rings. The van der Waals surface area contributed by atoms with Crippen LogP contribution in [0.2, 0.25) is 0 Å². The molecule has 0 amide bonds. The van der Waals surface area contributed by atoms with Gasteiger partial charge in [-0.15, -0.1) is 0 Å². The maximum Gasteiger partial charge on any atom is 0.0491 e. The van der Waals surface area contributed by atoms with Crippen molar-refractivity contribution < 1.29 is 0 Å². The van der Waals surface area contributed by atoms with Crippen molar-refractivity contribution in [1.82, 2.24) is 10.9 Å². The Bertz CT molecular complexity index is 291. The van der Waals surface area contributed by atoms with Crippen LogP contribution in [0.1, 0.15) is 11.1 Å². The molecule has 0 unspecified atom stereocenters. The number of hydrogen-bond donors (Lipinski definition) is 2. The lowest BCUT2D eigenvalue weighted by Gasteiger charge is -2.20. The Morgan fingerprint density at radius 1 is 1.27 bits per heavy atom. The standard InChI is InChI=1S/C9H10N2/c1-7-9-5-3-2-4-8(9)6-10-11-7/h2-5,10-11H,1,6H2. The highest BCUT2D eigenvalue weighted by Crippen LogP contribution is 2.17. The molecule has 0 aliphatic carbocycles. The lowest BCUT2D eigenvalue weighted by Crippen LogP contribution is -2.34. The molecule has 0 aromatic heterocycles. The molecule has 1 aliphatic heterocycles. The minimum atomic E-state index is 0.870. The van der Waals surface area contributed by atoms with Crippen LogP contribution in [0.25, 0.3) is 5.70 Å². The van der Waals surface area contributed by atoms with Crippen molar-refractivity contribution in [1.29, 1.82) is 0 Å². The normalized spacial score (nSPS) is 15.5. The van der Waals surface area contributed by atoms with Gasteiger partial charge in [-0.3, -0.25) is 0 Å². The summed E-state index contributed by atoms with van der Waals surface area (Å²) in [6, 6.07) is 8.25. The summed E-state index contributed by atoms with van der Waals surface area (Å²) < 4.78 is 0. The van der Waals surface area contributed by atoms with Gasteiger partial charge in [0.15, 0.2) is 0 Å². The van der Waals surface area contributed by atoms with Crippen LogP contribution in [-0.2, 0) is 6.54 Å². The van der Waals surface area contributed by atoms with Gasteiger partial charge in [-0.05, 0) is 5.56 Å². The van der Waals surface area contributed by atoms with Crippen molar-refractivity contribution in [3.8, 4) is 0 Å². The molecule has 0 saturated carbocycles. The van der Waals surface area contributed by atoms with Gasteiger partial charge in [0, 0.05) is 17.8 Å². The average molecular weight is 146 g/mol. The highest BCUT2D eigenvalue weighted by molar-refractivity contribution is 5.65. The van der Waals surface area contributed by atoms with Gasteiger partial charge in [0.25, 0.3) is 0 Å². The Labute approximate surface area is 65.9 Å². The minimum Gasteiger partial charge on any atom is -0.321 e. The van der Waals surface area contributed by atoms with Crippen LogP contribution in [0.5, 0.6) is 0 Å². The molecular formula is C9H10N2. The molecule has 0 spiro atoms. The third kappa shape index (κ3) is 1.01. The monoisotopic (exact) mass is 146 g/mol. The molecule has 1 aromatic carbocycles. The molecule has 0 fully saturated rings. The molecule has 0 radical (unpaired) electrons. The number of hydrazine groups is 1. The van der Waals surface area contributed by atoms with Gasteiger partial charge < -0.3 is 5.43 Å². The van der Waals surface area contributed by atoms with E-state index in [9.17, 15) is 0 Å². The average Bonchev–Trinajstić information content (AvgIpc) is 2.06. The molecule has 11 heavy (non-hydrogen) atoms.